The number of carboxylic acid groups (broad SMARTS) is 1. The number of nitrogens with zero attached hydrogens (tertiary/aromatic N) is 1. The van der Waals surface area contributed by atoms with Gasteiger partial charge in [0, 0.05) is 22.8 Å². The number of fused-ring (bicyclic) bond motifs is 1. The Kier molecular flexibility index (Phi) is 5.31. The second-order valence-electron chi connectivity index (χ2n) is 7.00. The normalized spacial score (nSPS) is 10.8. The number of carbonyl (C=O) groups is 2. The van der Waals surface area contributed by atoms with Gasteiger partial charge in [0.1, 0.15) is 5.65 Å². The van der Waals surface area contributed by atoms with Crippen LogP contribution in [0.3, 0.4) is 0 Å². The molecule has 0 saturated heterocycles. The Morgan fingerprint density at radius 3 is 2.71 bits per heavy atom. The lowest BCUT2D eigenvalue weighted by atomic mass is 9.96. The van der Waals surface area contributed by atoms with E-state index in [0.29, 0.717) is 33.0 Å². The van der Waals surface area contributed by atoms with Gasteiger partial charge >= 0.3 is 5.97 Å². The fourth-order valence-electron chi connectivity index (χ4n) is 3.49. The molecule has 4 rings (SSSR count). The van der Waals surface area contributed by atoms with Crippen molar-refractivity contribution in [1.29, 1.82) is 0 Å². The number of aromatic amines is 1. The van der Waals surface area contributed by atoms with Crippen molar-refractivity contribution < 1.29 is 14.7 Å². The van der Waals surface area contributed by atoms with E-state index in [4.69, 9.17) is 11.6 Å². The molecule has 31 heavy (non-hydrogen) atoms. The number of benzene rings is 2. The number of aryl methyl sites for hydroxylation is 1. The minimum Gasteiger partial charge on any atom is -0.478 e. The molecule has 0 aliphatic carbocycles. The summed E-state index contributed by atoms with van der Waals surface area (Å²) in [6, 6.07) is 14.0. The van der Waals surface area contributed by atoms with E-state index in [1.54, 1.807) is 24.4 Å². The first-order chi connectivity index (χ1) is 14.9. The fraction of sp³-hybridized carbons (Fsp3) is 0.0417. The zero-order valence-electron chi connectivity index (χ0n) is 16.6. The Morgan fingerprint density at radius 1 is 1.16 bits per heavy atom. The number of rotatable bonds is 5. The molecule has 0 unspecified atom stereocenters. The van der Waals surface area contributed by atoms with Gasteiger partial charge in [0.05, 0.1) is 16.3 Å². The van der Waals surface area contributed by atoms with Crippen LogP contribution in [0.4, 0.5) is 5.69 Å². The fourth-order valence-corrected chi connectivity index (χ4v) is 3.73. The van der Waals surface area contributed by atoms with Crippen LogP contribution in [0.1, 0.15) is 15.9 Å². The van der Waals surface area contributed by atoms with Crippen LogP contribution in [0.15, 0.2) is 67.4 Å². The zero-order valence-corrected chi connectivity index (χ0v) is 17.3. The number of aromatic carboxylic acids is 1. The van der Waals surface area contributed by atoms with Gasteiger partial charge < -0.3 is 15.4 Å². The molecule has 2 heterocycles. The maximum Gasteiger partial charge on any atom is 0.335 e. The van der Waals surface area contributed by atoms with E-state index < -0.39 is 5.97 Å². The molecule has 0 aliphatic rings. The molecule has 7 heteroatoms. The minimum absolute atomic E-state index is 0.170. The quantitative estimate of drug-likeness (QED) is 0.354. The molecule has 1 amide bonds. The first-order valence-electron chi connectivity index (χ1n) is 9.43. The molecule has 0 aliphatic heterocycles. The number of anilines is 1. The molecular weight excluding hydrogens is 414 g/mol. The van der Waals surface area contributed by atoms with Crippen LogP contribution in [0.2, 0.25) is 5.02 Å². The molecule has 0 atom stereocenters. The van der Waals surface area contributed by atoms with Crippen molar-refractivity contribution in [2.24, 2.45) is 0 Å². The van der Waals surface area contributed by atoms with E-state index in [-0.39, 0.29) is 11.5 Å². The van der Waals surface area contributed by atoms with Gasteiger partial charge in [0.25, 0.3) is 0 Å². The molecule has 2 aromatic heterocycles. The van der Waals surface area contributed by atoms with Crippen LogP contribution < -0.4 is 5.32 Å². The van der Waals surface area contributed by atoms with Crippen molar-refractivity contribution >= 4 is 40.2 Å². The standard InChI is InChI=1S/C24H18ClN3O3/c1-3-19(29)27-18-12-14(8-7-13(18)2)20-21-17(25)9-10-26-23(21)28-22(20)15-5-4-6-16(11-15)24(30)31/h3-12H,1H2,2H3,(H,26,28)(H,27,29)(H,30,31). The van der Waals surface area contributed by atoms with E-state index in [1.807, 2.05) is 31.2 Å². The summed E-state index contributed by atoms with van der Waals surface area (Å²) < 4.78 is 0. The summed E-state index contributed by atoms with van der Waals surface area (Å²) in [7, 11) is 0. The summed E-state index contributed by atoms with van der Waals surface area (Å²) in [5.41, 5.74) is 5.20. The lowest BCUT2D eigenvalue weighted by molar-refractivity contribution is -0.111. The summed E-state index contributed by atoms with van der Waals surface area (Å²) in [5, 5.41) is 13.4. The summed E-state index contributed by atoms with van der Waals surface area (Å²) in [6.45, 7) is 5.39. The van der Waals surface area contributed by atoms with Gasteiger partial charge in [-0.15, -0.1) is 0 Å². The molecule has 2 aromatic carbocycles. The third-order valence-corrected chi connectivity index (χ3v) is 5.33. The van der Waals surface area contributed by atoms with E-state index in [1.165, 1.54) is 12.1 Å². The SMILES string of the molecule is C=CC(=O)Nc1cc(-c2c(-c3cccc(C(=O)O)c3)[nH]c3nccc(Cl)c23)ccc1C. The zero-order chi connectivity index (χ0) is 22.1. The largest absolute Gasteiger partial charge is 0.478 e. The molecular formula is C24H18ClN3O3. The number of carbonyl (C=O) groups excluding carboxylic acids is 1. The number of halogens is 1. The minimum atomic E-state index is -1.01. The van der Waals surface area contributed by atoms with Gasteiger partial charge in [-0.3, -0.25) is 4.79 Å². The third-order valence-electron chi connectivity index (χ3n) is 5.01. The number of aromatic nitrogens is 2. The van der Waals surface area contributed by atoms with Crippen molar-refractivity contribution in [2.75, 3.05) is 5.32 Å². The summed E-state index contributed by atoms with van der Waals surface area (Å²) in [6.07, 6.45) is 2.81. The highest BCUT2D eigenvalue weighted by Gasteiger charge is 2.20. The molecule has 4 aromatic rings. The van der Waals surface area contributed by atoms with Crippen LogP contribution in [-0.2, 0) is 4.79 Å². The first kappa shape index (κ1) is 20.4. The number of hydrogen-bond donors (Lipinski definition) is 3. The molecule has 0 bridgehead atoms. The highest BCUT2D eigenvalue weighted by molar-refractivity contribution is 6.36. The molecule has 0 spiro atoms. The predicted molar refractivity (Wildman–Crippen MR) is 122 cm³/mol. The van der Waals surface area contributed by atoms with Crippen LogP contribution in [0, 0.1) is 6.92 Å². The molecule has 6 nitrogen and oxygen atoms in total. The van der Waals surface area contributed by atoms with E-state index in [0.717, 1.165) is 16.7 Å². The highest BCUT2D eigenvalue weighted by atomic mass is 35.5. The van der Waals surface area contributed by atoms with Crippen molar-refractivity contribution in [3.8, 4) is 22.4 Å². The summed E-state index contributed by atoms with van der Waals surface area (Å²) >= 11 is 6.54. The van der Waals surface area contributed by atoms with Gasteiger partial charge in [-0.05, 0) is 54.0 Å². The maximum absolute atomic E-state index is 11.9. The van der Waals surface area contributed by atoms with Crippen molar-refractivity contribution in [3.63, 3.8) is 0 Å². The topological polar surface area (TPSA) is 95.1 Å². The molecule has 154 valence electrons. The van der Waals surface area contributed by atoms with Gasteiger partial charge in [0.2, 0.25) is 5.91 Å². The molecule has 0 radical (unpaired) electrons. The van der Waals surface area contributed by atoms with Crippen molar-refractivity contribution in [3.05, 3.63) is 83.5 Å². The Hall–Kier alpha value is -3.90. The number of amides is 1. The Labute approximate surface area is 183 Å². The average molecular weight is 432 g/mol. The molecule has 0 saturated carbocycles. The molecule has 0 fully saturated rings. The van der Waals surface area contributed by atoms with Crippen LogP contribution in [0.5, 0.6) is 0 Å². The second-order valence-corrected chi connectivity index (χ2v) is 7.41. The number of carboxylic acids is 1. The molecule has 3 N–H and O–H groups in total. The van der Waals surface area contributed by atoms with Crippen molar-refractivity contribution in [1.82, 2.24) is 9.97 Å². The van der Waals surface area contributed by atoms with E-state index in [2.05, 4.69) is 21.9 Å². The first-order valence-corrected chi connectivity index (χ1v) is 9.81. The Balaban J connectivity index is 2.00. The van der Waals surface area contributed by atoms with Crippen molar-refractivity contribution in [2.45, 2.75) is 6.92 Å². The van der Waals surface area contributed by atoms with Gasteiger partial charge in [-0.25, -0.2) is 9.78 Å². The number of hydrogen-bond acceptors (Lipinski definition) is 3. The lowest BCUT2D eigenvalue weighted by Gasteiger charge is -2.12. The lowest BCUT2D eigenvalue weighted by Crippen LogP contribution is -2.08. The monoisotopic (exact) mass is 431 g/mol. The number of nitrogens with one attached hydrogen (secondary N) is 2. The van der Waals surface area contributed by atoms with Crippen LogP contribution in [-0.4, -0.2) is 27.0 Å². The number of pyridine rings is 1. The summed E-state index contributed by atoms with van der Waals surface area (Å²) in [4.78, 5) is 31.0. The predicted octanol–water partition coefficient (Wildman–Crippen LogP) is 5.68. The number of H-pyrrole nitrogens is 1. The van der Waals surface area contributed by atoms with E-state index >= 15 is 0 Å². The Bertz CT molecular complexity index is 1360. The smallest absolute Gasteiger partial charge is 0.335 e. The van der Waals surface area contributed by atoms with Gasteiger partial charge in [0.15, 0.2) is 0 Å². The highest BCUT2D eigenvalue weighted by Crippen LogP contribution is 2.41. The van der Waals surface area contributed by atoms with Gasteiger partial charge in [-0.1, -0.05) is 42.4 Å². The van der Waals surface area contributed by atoms with Gasteiger partial charge in [-0.2, -0.15) is 0 Å². The second kappa shape index (κ2) is 8.08. The van der Waals surface area contributed by atoms with Crippen LogP contribution in [0.25, 0.3) is 33.4 Å². The maximum atomic E-state index is 11.9. The van der Waals surface area contributed by atoms with E-state index in [9.17, 15) is 14.7 Å². The summed E-state index contributed by atoms with van der Waals surface area (Å²) in [5.74, 6) is -1.33. The third kappa shape index (κ3) is 3.81. The average Bonchev–Trinajstić information content (AvgIpc) is 3.16. The Morgan fingerprint density at radius 2 is 1.97 bits per heavy atom. The van der Waals surface area contributed by atoms with Crippen LogP contribution >= 0.6 is 11.6 Å².